The van der Waals surface area contributed by atoms with Crippen LogP contribution in [-0.4, -0.2) is 29.4 Å². The van der Waals surface area contributed by atoms with Gasteiger partial charge in [-0.15, -0.1) is 11.8 Å². The van der Waals surface area contributed by atoms with Crippen LogP contribution in [0.2, 0.25) is 0 Å². The quantitative estimate of drug-likeness (QED) is 0.313. The Kier molecular flexibility index (Phi) is 7.42. The summed E-state index contributed by atoms with van der Waals surface area (Å²) >= 11 is 1.48. The van der Waals surface area contributed by atoms with Gasteiger partial charge in [-0.1, -0.05) is 60.7 Å². The van der Waals surface area contributed by atoms with Crippen molar-refractivity contribution in [3.8, 4) is 0 Å². The van der Waals surface area contributed by atoms with Gasteiger partial charge in [0.05, 0.1) is 11.8 Å². The Balaban J connectivity index is 1.32. The first-order valence-corrected chi connectivity index (χ1v) is 13.3. The van der Waals surface area contributed by atoms with Crippen molar-refractivity contribution in [3.05, 3.63) is 102 Å². The van der Waals surface area contributed by atoms with E-state index < -0.39 is 23.1 Å². The van der Waals surface area contributed by atoms with E-state index >= 15 is 0 Å². The number of anilines is 2. The third-order valence-corrected chi connectivity index (χ3v) is 8.20. The highest BCUT2D eigenvalue weighted by Gasteiger charge is 2.34. The van der Waals surface area contributed by atoms with E-state index in [1.54, 1.807) is 12.1 Å². The molecule has 0 saturated carbocycles. The van der Waals surface area contributed by atoms with Crippen molar-refractivity contribution in [2.45, 2.75) is 29.4 Å². The molecule has 7 heteroatoms. The van der Waals surface area contributed by atoms with Crippen molar-refractivity contribution in [2.24, 2.45) is 11.8 Å². The molecule has 0 fully saturated rings. The van der Waals surface area contributed by atoms with Crippen LogP contribution in [0.15, 0.2) is 95.9 Å². The molecule has 0 saturated heterocycles. The molecule has 2 aliphatic rings. The van der Waals surface area contributed by atoms with Gasteiger partial charge in [0.1, 0.15) is 5.25 Å². The topological polar surface area (TPSA) is 86.7 Å². The number of nitrogens with one attached hydrogen (secondary N) is 1. The van der Waals surface area contributed by atoms with E-state index in [0.29, 0.717) is 25.1 Å². The number of hydrogen-bond acceptors (Lipinski definition) is 4. The van der Waals surface area contributed by atoms with Gasteiger partial charge in [0.2, 0.25) is 11.8 Å². The number of carbonyl (C=O) groups excluding carboxylic acids is 2. The molecule has 0 aromatic heterocycles. The standard InChI is InChI=1S/C30H28N2O4S/c33-28(24-11-5-6-12-25(24)30(35)36)31-22-14-16-23(17-15-22)37-27(21-9-2-1-3-10-21)29(34)32-19-18-20-8-4-7-13-26(20)32/h1-10,13-17,24-25,27H,11-12,18-19H2,(H,31,33)(H,35,36)/t24-,25-,27-/m1/s1. The molecule has 3 atom stereocenters. The lowest BCUT2D eigenvalue weighted by Gasteiger charge is -2.25. The molecule has 5 rings (SSSR count). The number of amides is 2. The Labute approximate surface area is 220 Å². The average molecular weight is 513 g/mol. The van der Waals surface area contributed by atoms with Gasteiger partial charge in [-0.25, -0.2) is 0 Å². The summed E-state index contributed by atoms with van der Waals surface area (Å²) in [6, 6.07) is 25.2. The number of carboxylic acids is 1. The number of hydrogen-bond donors (Lipinski definition) is 2. The summed E-state index contributed by atoms with van der Waals surface area (Å²) in [7, 11) is 0. The van der Waals surface area contributed by atoms with Crippen molar-refractivity contribution in [2.75, 3.05) is 16.8 Å². The number of carboxylic acid groups (broad SMARTS) is 1. The fraction of sp³-hybridized carbons (Fsp3) is 0.233. The summed E-state index contributed by atoms with van der Waals surface area (Å²) in [6.07, 6.45) is 5.31. The van der Waals surface area contributed by atoms with Crippen LogP contribution in [0.4, 0.5) is 11.4 Å². The van der Waals surface area contributed by atoms with Crippen molar-refractivity contribution < 1.29 is 19.5 Å². The molecule has 0 bridgehead atoms. The monoisotopic (exact) mass is 512 g/mol. The van der Waals surface area contributed by atoms with Crippen molar-refractivity contribution in [1.82, 2.24) is 0 Å². The molecule has 3 aromatic carbocycles. The Morgan fingerprint density at radius 1 is 0.865 bits per heavy atom. The molecular weight excluding hydrogens is 484 g/mol. The molecule has 37 heavy (non-hydrogen) atoms. The van der Waals surface area contributed by atoms with E-state index in [-0.39, 0.29) is 11.8 Å². The van der Waals surface area contributed by atoms with Gasteiger partial charge in [-0.05, 0) is 60.7 Å². The van der Waals surface area contributed by atoms with Crippen LogP contribution >= 0.6 is 11.8 Å². The number of carbonyl (C=O) groups is 3. The summed E-state index contributed by atoms with van der Waals surface area (Å²) in [5, 5.41) is 11.9. The molecule has 3 aromatic rings. The predicted molar refractivity (Wildman–Crippen MR) is 146 cm³/mol. The number of rotatable bonds is 7. The molecule has 6 nitrogen and oxygen atoms in total. The minimum Gasteiger partial charge on any atom is -0.481 e. The predicted octanol–water partition coefficient (Wildman–Crippen LogP) is 5.71. The smallest absolute Gasteiger partial charge is 0.307 e. The Morgan fingerprint density at radius 3 is 2.27 bits per heavy atom. The molecule has 1 heterocycles. The number of para-hydroxylation sites is 1. The van der Waals surface area contributed by atoms with Crippen LogP contribution in [0, 0.1) is 11.8 Å². The van der Waals surface area contributed by atoms with Crippen molar-refractivity contribution in [1.29, 1.82) is 0 Å². The number of benzene rings is 3. The zero-order chi connectivity index (χ0) is 25.8. The molecule has 0 unspecified atom stereocenters. The highest BCUT2D eigenvalue weighted by molar-refractivity contribution is 8.00. The first-order valence-electron chi connectivity index (χ1n) is 12.4. The van der Waals surface area contributed by atoms with Gasteiger partial charge in [0.25, 0.3) is 0 Å². The summed E-state index contributed by atoms with van der Waals surface area (Å²) in [5.74, 6) is -2.51. The van der Waals surface area contributed by atoms with E-state index in [4.69, 9.17) is 0 Å². The summed E-state index contributed by atoms with van der Waals surface area (Å²) in [4.78, 5) is 40.9. The van der Waals surface area contributed by atoms with Gasteiger partial charge in [0, 0.05) is 22.8 Å². The lowest BCUT2D eigenvalue weighted by molar-refractivity contribution is -0.146. The molecule has 0 radical (unpaired) electrons. The maximum Gasteiger partial charge on any atom is 0.307 e. The first-order chi connectivity index (χ1) is 18.0. The van der Waals surface area contributed by atoms with Gasteiger partial charge in [-0.3, -0.25) is 14.4 Å². The third kappa shape index (κ3) is 5.47. The van der Waals surface area contributed by atoms with E-state index in [1.807, 2.05) is 77.7 Å². The Hall–Kier alpha value is -3.84. The van der Waals surface area contributed by atoms with Crippen LogP contribution in [0.5, 0.6) is 0 Å². The number of fused-ring (bicyclic) bond motifs is 1. The molecule has 1 aliphatic heterocycles. The van der Waals surface area contributed by atoms with E-state index in [2.05, 4.69) is 11.4 Å². The first kappa shape index (κ1) is 24.8. The van der Waals surface area contributed by atoms with Gasteiger partial charge in [-0.2, -0.15) is 0 Å². The summed E-state index contributed by atoms with van der Waals surface area (Å²) in [5.41, 5.74) is 3.70. The fourth-order valence-electron chi connectivity index (χ4n) is 4.96. The number of nitrogens with zero attached hydrogens (tertiary/aromatic N) is 1. The molecule has 188 valence electrons. The van der Waals surface area contributed by atoms with Crippen molar-refractivity contribution >= 4 is 40.9 Å². The van der Waals surface area contributed by atoms with Crippen LogP contribution in [-0.2, 0) is 20.8 Å². The van der Waals surface area contributed by atoms with Gasteiger partial charge < -0.3 is 15.3 Å². The number of allylic oxidation sites excluding steroid dienone is 2. The van der Waals surface area contributed by atoms with E-state index in [9.17, 15) is 19.5 Å². The molecule has 1 aliphatic carbocycles. The third-order valence-electron chi connectivity index (χ3n) is 6.94. The lowest BCUT2D eigenvalue weighted by atomic mass is 9.82. The van der Waals surface area contributed by atoms with E-state index in [0.717, 1.165) is 22.6 Å². The van der Waals surface area contributed by atoms with Crippen LogP contribution in [0.1, 0.15) is 29.2 Å². The second-order valence-corrected chi connectivity index (χ2v) is 10.5. The molecule has 2 amide bonds. The van der Waals surface area contributed by atoms with Gasteiger partial charge >= 0.3 is 5.97 Å². The zero-order valence-corrected chi connectivity index (χ0v) is 21.1. The van der Waals surface area contributed by atoms with Crippen LogP contribution in [0.25, 0.3) is 0 Å². The minimum absolute atomic E-state index is 0.0450. The second kappa shape index (κ2) is 11.0. The Bertz CT molecular complexity index is 1320. The van der Waals surface area contributed by atoms with Crippen LogP contribution in [0.3, 0.4) is 0 Å². The maximum atomic E-state index is 13.8. The summed E-state index contributed by atoms with van der Waals surface area (Å²) < 4.78 is 0. The minimum atomic E-state index is -0.950. The highest BCUT2D eigenvalue weighted by atomic mass is 32.2. The lowest BCUT2D eigenvalue weighted by Crippen LogP contribution is -2.34. The average Bonchev–Trinajstić information content (AvgIpc) is 3.37. The summed E-state index contributed by atoms with van der Waals surface area (Å²) in [6.45, 7) is 0.667. The number of thioether (sulfide) groups is 1. The van der Waals surface area contributed by atoms with Crippen molar-refractivity contribution in [3.63, 3.8) is 0 Å². The second-order valence-electron chi connectivity index (χ2n) is 9.28. The number of aliphatic carboxylic acids is 1. The van der Waals surface area contributed by atoms with Gasteiger partial charge in [0.15, 0.2) is 0 Å². The van der Waals surface area contributed by atoms with E-state index in [1.165, 1.54) is 17.3 Å². The fourth-order valence-corrected chi connectivity index (χ4v) is 6.05. The maximum absolute atomic E-state index is 13.8. The largest absolute Gasteiger partial charge is 0.481 e. The SMILES string of the molecule is O=C(O)[C@@H]1CC=CC[C@H]1C(=O)Nc1ccc(S[C@@H](C(=O)N2CCc3ccccc32)c2ccccc2)cc1. The highest BCUT2D eigenvalue weighted by Crippen LogP contribution is 2.40. The zero-order valence-electron chi connectivity index (χ0n) is 20.2. The Morgan fingerprint density at radius 2 is 1.54 bits per heavy atom. The molecule has 2 N–H and O–H groups in total. The molecule has 0 spiro atoms. The molecular formula is C30H28N2O4S. The van der Waals surface area contributed by atoms with Crippen LogP contribution < -0.4 is 10.2 Å². The normalized spacial score (nSPS) is 19.2.